The Balaban J connectivity index is 1.92. The summed E-state index contributed by atoms with van der Waals surface area (Å²) in [5.74, 6) is -0.812. The van der Waals surface area contributed by atoms with Crippen molar-refractivity contribution in [2.24, 2.45) is 0 Å². The number of nitrogens with one attached hydrogen (secondary N) is 1. The van der Waals surface area contributed by atoms with E-state index in [1.54, 1.807) is 25.1 Å². The lowest BCUT2D eigenvalue weighted by Crippen LogP contribution is -2.17. The van der Waals surface area contributed by atoms with Gasteiger partial charge in [-0.15, -0.1) is 0 Å². The van der Waals surface area contributed by atoms with Crippen LogP contribution in [0.5, 0.6) is 11.5 Å². The van der Waals surface area contributed by atoms with Gasteiger partial charge in [0.2, 0.25) is 0 Å². The average molecular weight is 438 g/mol. The zero-order chi connectivity index (χ0) is 20.3. The molecule has 0 bridgehead atoms. The summed E-state index contributed by atoms with van der Waals surface area (Å²) in [6.45, 7) is 2.07. The Labute approximate surface area is 174 Å². The van der Waals surface area contributed by atoms with Crippen molar-refractivity contribution in [1.29, 1.82) is 0 Å². The van der Waals surface area contributed by atoms with Gasteiger partial charge in [-0.05, 0) is 66.7 Å². The van der Waals surface area contributed by atoms with Crippen LogP contribution in [-0.2, 0) is 4.79 Å². The maximum atomic E-state index is 12.4. The van der Waals surface area contributed by atoms with Gasteiger partial charge in [0.1, 0.15) is 0 Å². The molecule has 3 rings (SSSR count). The van der Waals surface area contributed by atoms with Crippen LogP contribution in [0.1, 0.15) is 22.8 Å². The molecule has 1 N–H and O–H groups in total. The summed E-state index contributed by atoms with van der Waals surface area (Å²) in [5.41, 5.74) is 0.818. The van der Waals surface area contributed by atoms with Crippen LogP contribution in [-0.4, -0.2) is 23.7 Å². The van der Waals surface area contributed by atoms with Crippen molar-refractivity contribution in [3.63, 3.8) is 0 Å². The van der Waals surface area contributed by atoms with Crippen LogP contribution >= 0.6 is 35.0 Å². The van der Waals surface area contributed by atoms with Crippen LogP contribution in [0.25, 0.3) is 6.08 Å². The number of thioether (sulfide) groups is 1. The third kappa shape index (κ3) is 4.67. The van der Waals surface area contributed by atoms with Gasteiger partial charge in [-0.1, -0.05) is 23.2 Å². The van der Waals surface area contributed by atoms with Gasteiger partial charge >= 0.3 is 5.97 Å². The number of halogens is 2. The lowest BCUT2D eigenvalue weighted by atomic mass is 10.1. The van der Waals surface area contributed by atoms with E-state index < -0.39 is 17.1 Å². The highest BCUT2D eigenvalue weighted by Gasteiger charge is 2.25. The predicted molar refractivity (Wildman–Crippen MR) is 108 cm³/mol. The number of hydrogen-bond donors (Lipinski definition) is 1. The molecule has 1 aliphatic rings. The van der Waals surface area contributed by atoms with Gasteiger partial charge in [0.25, 0.3) is 11.1 Å². The first-order valence-electron chi connectivity index (χ1n) is 8.06. The third-order valence-electron chi connectivity index (χ3n) is 3.55. The molecule has 9 heteroatoms. The highest BCUT2D eigenvalue weighted by Crippen LogP contribution is 2.38. The molecule has 1 aliphatic heterocycles. The van der Waals surface area contributed by atoms with Gasteiger partial charge in [0.05, 0.1) is 22.1 Å². The van der Waals surface area contributed by atoms with Crippen LogP contribution in [0.2, 0.25) is 10.0 Å². The Morgan fingerprint density at radius 1 is 1.18 bits per heavy atom. The van der Waals surface area contributed by atoms with Crippen molar-refractivity contribution in [2.75, 3.05) is 6.61 Å². The van der Waals surface area contributed by atoms with E-state index in [1.165, 1.54) is 24.3 Å². The Bertz CT molecular complexity index is 989. The van der Waals surface area contributed by atoms with E-state index in [1.807, 2.05) is 0 Å². The maximum Gasteiger partial charge on any atom is 0.343 e. The van der Waals surface area contributed by atoms with E-state index in [4.69, 9.17) is 32.7 Å². The highest BCUT2D eigenvalue weighted by molar-refractivity contribution is 8.18. The minimum absolute atomic E-state index is 0.0604. The molecule has 144 valence electrons. The predicted octanol–water partition coefficient (Wildman–Crippen LogP) is 4.94. The molecule has 2 aromatic carbocycles. The van der Waals surface area contributed by atoms with Crippen LogP contribution in [0.3, 0.4) is 0 Å². The molecule has 28 heavy (non-hydrogen) atoms. The average Bonchev–Trinajstić information content (AvgIpc) is 2.95. The van der Waals surface area contributed by atoms with E-state index in [0.717, 1.165) is 11.8 Å². The first kappa shape index (κ1) is 20.3. The van der Waals surface area contributed by atoms with Crippen molar-refractivity contribution in [1.82, 2.24) is 5.32 Å². The monoisotopic (exact) mass is 437 g/mol. The molecule has 1 heterocycles. The van der Waals surface area contributed by atoms with Crippen molar-refractivity contribution < 1.29 is 23.9 Å². The number of benzene rings is 2. The number of hydrogen-bond acceptors (Lipinski definition) is 6. The molecule has 6 nitrogen and oxygen atoms in total. The normalized spacial score (nSPS) is 14.9. The van der Waals surface area contributed by atoms with Gasteiger partial charge in [-0.3, -0.25) is 14.9 Å². The van der Waals surface area contributed by atoms with Gasteiger partial charge in [-0.2, -0.15) is 0 Å². The fraction of sp³-hybridized carbons (Fsp3) is 0.105. The maximum absolute atomic E-state index is 12.4. The molecule has 1 fully saturated rings. The number of carbonyl (C=O) groups excluding carboxylic acids is 3. The largest absolute Gasteiger partial charge is 0.490 e. The number of imide groups is 1. The molecular formula is C19H13Cl2NO5S. The molecule has 0 saturated carbocycles. The molecule has 0 aromatic heterocycles. The number of rotatable bonds is 5. The summed E-state index contributed by atoms with van der Waals surface area (Å²) in [6, 6.07) is 9.30. The number of carbonyl (C=O) groups is 3. The first-order valence-corrected chi connectivity index (χ1v) is 9.63. The van der Waals surface area contributed by atoms with Crippen LogP contribution in [0, 0.1) is 0 Å². The summed E-state index contributed by atoms with van der Waals surface area (Å²) in [7, 11) is 0. The standard InChI is InChI=1S/C19H13Cl2NO5S/c1-2-26-14-8-10(9-15-17(23)22-19(25)28-15)7-13(21)16(14)27-18(24)11-3-5-12(20)6-4-11/h3-9H,2H2,1H3,(H,22,23,25)/b15-9-. The van der Waals surface area contributed by atoms with Crippen LogP contribution in [0.4, 0.5) is 4.79 Å². The fourth-order valence-electron chi connectivity index (χ4n) is 2.34. The Kier molecular flexibility index (Phi) is 6.28. The number of esters is 1. The molecular weight excluding hydrogens is 425 g/mol. The molecule has 2 amide bonds. The summed E-state index contributed by atoms with van der Waals surface area (Å²) in [4.78, 5) is 35.6. The molecule has 0 unspecified atom stereocenters. The van der Waals surface area contributed by atoms with E-state index in [0.29, 0.717) is 22.8 Å². The molecule has 0 radical (unpaired) electrons. The zero-order valence-electron chi connectivity index (χ0n) is 14.5. The van der Waals surface area contributed by atoms with Gasteiger partial charge < -0.3 is 9.47 Å². The van der Waals surface area contributed by atoms with E-state index in [2.05, 4.69) is 5.32 Å². The highest BCUT2D eigenvalue weighted by atomic mass is 35.5. The fourth-order valence-corrected chi connectivity index (χ4v) is 3.41. The molecule has 0 atom stereocenters. The second-order valence-corrected chi connectivity index (χ2v) is 7.37. The summed E-state index contributed by atoms with van der Waals surface area (Å²) in [6.07, 6.45) is 1.50. The summed E-state index contributed by atoms with van der Waals surface area (Å²) < 4.78 is 11.0. The molecule has 2 aromatic rings. The van der Waals surface area contributed by atoms with Crippen LogP contribution in [0.15, 0.2) is 41.3 Å². The van der Waals surface area contributed by atoms with Crippen molar-refractivity contribution in [2.45, 2.75) is 6.92 Å². The van der Waals surface area contributed by atoms with Crippen molar-refractivity contribution in [3.8, 4) is 11.5 Å². The lowest BCUT2D eigenvalue weighted by molar-refractivity contribution is -0.115. The van der Waals surface area contributed by atoms with E-state index in [-0.39, 0.29) is 21.4 Å². The lowest BCUT2D eigenvalue weighted by Gasteiger charge is -2.13. The Morgan fingerprint density at radius 2 is 1.89 bits per heavy atom. The Morgan fingerprint density at radius 3 is 2.50 bits per heavy atom. The minimum atomic E-state index is -0.623. The third-order valence-corrected chi connectivity index (χ3v) is 4.89. The second kappa shape index (κ2) is 8.68. The second-order valence-electron chi connectivity index (χ2n) is 5.51. The molecule has 0 aliphatic carbocycles. The van der Waals surface area contributed by atoms with E-state index in [9.17, 15) is 14.4 Å². The summed E-state index contributed by atoms with van der Waals surface area (Å²) >= 11 is 12.9. The first-order chi connectivity index (χ1) is 13.4. The minimum Gasteiger partial charge on any atom is -0.490 e. The Hall–Kier alpha value is -2.48. The number of ether oxygens (including phenoxy) is 2. The topological polar surface area (TPSA) is 81.7 Å². The van der Waals surface area contributed by atoms with Crippen molar-refractivity contribution in [3.05, 3.63) is 62.5 Å². The van der Waals surface area contributed by atoms with Gasteiger partial charge in [0.15, 0.2) is 11.5 Å². The smallest absolute Gasteiger partial charge is 0.343 e. The van der Waals surface area contributed by atoms with Gasteiger partial charge in [0, 0.05) is 5.02 Å². The quantitative estimate of drug-likeness (QED) is 0.405. The molecule has 0 spiro atoms. The molecule has 1 saturated heterocycles. The number of amides is 2. The van der Waals surface area contributed by atoms with Crippen LogP contribution < -0.4 is 14.8 Å². The SMILES string of the molecule is CCOc1cc(/C=C2\SC(=O)NC2=O)cc(Cl)c1OC(=O)c1ccc(Cl)cc1. The summed E-state index contributed by atoms with van der Waals surface area (Å²) in [5, 5.41) is 2.35. The van der Waals surface area contributed by atoms with Gasteiger partial charge in [-0.25, -0.2) is 4.79 Å². The van der Waals surface area contributed by atoms with Crippen molar-refractivity contribution >= 4 is 58.2 Å². The van der Waals surface area contributed by atoms with E-state index >= 15 is 0 Å². The zero-order valence-corrected chi connectivity index (χ0v) is 16.8.